The van der Waals surface area contributed by atoms with Crippen molar-refractivity contribution in [1.29, 1.82) is 0 Å². The first-order valence-electron chi connectivity index (χ1n) is 10.3. The van der Waals surface area contributed by atoms with Crippen molar-refractivity contribution in [2.24, 2.45) is 5.92 Å². The van der Waals surface area contributed by atoms with Gasteiger partial charge in [-0.3, -0.25) is 4.79 Å². The lowest BCUT2D eigenvalue weighted by molar-refractivity contribution is -0.133. The molecule has 160 valence electrons. The van der Waals surface area contributed by atoms with Gasteiger partial charge in [-0.1, -0.05) is 55.5 Å². The van der Waals surface area contributed by atoms with E-state index in [-0.39, 0.29) is 24.5 Å². The summed E-state index contributed by atoms with van der Waals surface area (Å²) >= 11 is 1.61. The van der Waals surface area contributed by atoms with Crippen LogP contribution < -0.4 is 4.74 Å². The molecule has 0 bridgehead atoms. The molecule has 0 saturated carbocycles. The number of cyclic esters (lactones) is 1. The fourth-order valence-corrected chi connectivity index (χ4v) is 5.07. The van der Waals surface area contributed by atoms with Crippen LogP contribution in [0.15, 0.2) is 72.1 Å². The molecule has 1 aliphatic rings. The van der Waals surface area contributed by atoms with Crippen LogP contribution in [0.2, 0.25) is 0 Å². The molecular weight excluding hydrogens is 410 g/mol. The highest BCUT2D eigenvalue weighted by Crippen LogP contribution is 2.37. The Labute approximate surface area is 186 Å². The van der Waals surface area contributed by atoms with Crippen LogP contribution >= 0.6 is 11.3 Å². The van der Waals surface area contributed by atoms with Gasteiger partial charge in [0.2, 0.25) is 5.91 Å². The monoisotopic (exact) mass is 435 g/mol. The average Bonchev–Trinajstić information content (AvgIpc) is 3.45. The zero-order valence-corrected chi connectivity index (χ0v) is 18.4. The highest BCUT2D eigenvalue weighted by Gasteiger charge is 2.42. The van der Waals surface area contributed by atoms with E-state index in [0.717, 1.165) is 21.8 Å². The van der Waals surface area contributed by atoms with Crippen molar-refractivity contribution in [3.63, 3.8) is 0 Å². The van der Waals surface area contributed by atoms with E-state index in [9.17, 15) is 9.59 Å². The Morgan fingerprint density at radius 2 is 1.87 bits per heavy atom. The van der Waals surface area contributed by atoms with E-state index in [1.807, 2.05) is 79.0 Å². The first-order chi connectivity index (χ1) is 15.1. The van der Waals surface area contributed by atoms with Gasteiger partial charge in [0, 0.05) is 16.7 Å². The fraction of sp³-hybridized carbons (Fsp3) is 0.280. The number of methoxy groups -OCH3 is 1. The Kier molecular flexibility index (Phi) is 6.37. The van der Waals surface area contributed by atoms with Gasteiger partial charge in [-0.15, -0.1) is 11.3 Å². The molecule has 4 rings (SSSR count). The van der Waals surface area contributed by atoms with E-state index in [4.69, 9.17) is 9.47 Å². The van der Waals surface area contributed by atoms with Crippen LogP contribution in [0.4, 0.5) is 4.79 Å². The van der Waals surface area contributed by atoms with E-state index in [0.29, 0.717) is 6.42 Å². The van der Waals surface area contributed by atoms with Crippen LogP contribution in [0, 0.1) is 5.92 Å². The molecule has 1 saturated heterocycles. The number of benzene rings is 2. The summed E-state index contributed by atoms with van der Waals surface area (Å²) in [6.45, 7) is 2.11. The SMILES string of the molecule is COc1ccc(C(c2cccs2)[C@@H](C)C(=O)N2C(=O)OC[C@@H]2Cc2ccccc2)cc1. The Balaban J connectivity index is 1.61. The topological polar surface area (TPSA) is 55.8 Å². The molecule has 6 heteroatoms. The zero-order valence-electron chi connectivity index (χ0n) is 17.6. The molecule has 31 heavy (non-hydrogen) atoms. The van der Waals surface area contributed by atoms with Gasteiger partial charge in [-0.05, 0) is 41.1 Å². The molecule has 5 nitrogen and oxygen atoms in total. The second-order valence-electron chi connectivity index (χ2n) is 7.68. The average molecular weight is 436 g/mol. The smallest absolute Gasteiger partial charge is 0.416 e. The molecule has 2 aromatic carbocycles. The van der Waals surface area contributed by atoms with E-state index >= 15 is 0 Å². The Morgan fingerprint density at radius 1 is 1.13 bits per heavy atom. The molecule has 1 fully saturated rings. The predicted octanol–water partition coefficient (Wildman–Crippen LogP) is 5.11. The van der Waals surface area contributed by atoms with Gasteiger partial charge < -0.3 is 9.47 Å². The molecule has 0 radical (unpaired) electrons. The molecule has 3 atom stereocenters. The van der Waals surface area contributed by atoms with Gasteiger partial charge in [-0.2, -0.15) is 0 Å². The van der Waals surface area contributed by atoms with Crippen molar-refractivity contribution in [3.05, 3.63) is 88.1 Å². The lowest BCUT2D eigenvalue weighted by atomic mass is 9.84. The molecule has 0 N–H and O–H groups in total. The molecular formula is C25H25NO4S. The standard InChI is InChI=1S/C25H25NO4S/c1-17(23(22-9-6-14-31-22)19-10-12-21(29-2)13-11-19)24(27)26-20(16-30-25(26)28)15-18-7-4-3-5-8-18/h3-14,17,20,23H,15-16H2,1-2H3/t17-,20+,23?/m1/s1. The minimum Gasteiger partial charge on any atom is -0.497 e. The lowest BCUT2D eigenvalue weighted by Gasteiger charge is -2.28. The first-order valence-corrected chi connectivity index (χ1v) is 11.2. The Hall–Kier alpha value is -3.12. The quantitative estimate of drug-likeness (QED) is 0.517. The van der Waals surface area contributed by atoms with E-state index < -0.39 is 12.0 Å². The van der Waals surface area contributed by atoms with Gasteiger partial charge in [-0.25, -0.2) is 9.69 Å². The van der Waals surface area contributed by atoms with Gasteiger partial charge in [0.1, 0.15) is 12.4 Å². The number of rotatable bonds is 7. The molecule has 2 heterocycles. The second kappa shape index (κ2) is 9.35. The number of carbonyl (C=O) groups is 2. The number of hydrogen-bond acceptors (Lipinski definition) is 5. The van der Waals surface area contributed by atoms with Gasteiger partial charge in [0.05, 0.1) is 13.2 Å². The van der Waals surface area contributed by atoms with Crippen molar-refractivity contribution >= 4 is 23.3 Å². The number of ether oxygens (including phenoxy) is 2. The largest absolute Gasteiger partial charge is 0.497 e. The summed E-state index contributed by atoms with van der Waals surface area (Å²) < 4.78 is 10.6. The lowest BCUT2D eigenvalue weighted by Crippen LogP contribution is -2.44. The van der Waals surface area contributed by atoms with Crippen molar-refractivity contribution in [3.8, 4) is 5.75 Å². The van der Waals surface area contributed by atoms with Gasteiger partial charge in [0.25, 0.3) is 0 Å². The molecule has 2 amide bonds. The minimum absolute atomic E-state index is 0.163. The summed E-state index contributed by atoms with van der Waals surface area (Å²) in [4.78, 5) is 28.5. The molecule has 0 spiro atoms. The number of hydrogen-bond donors (Lipinski definition) is 0. The maximum atomic E-state index is 13.6. The highest BCUT2D eigenvalue weighted by molar-refractivity contribution is 7.10. The minimum atomic E-state index is -0.558. The summed E-state index contributed by atoms with van der Waals surface area (Å²) in [5.74, 6) is -0.0449. The third-order valence-electron chi connectivity index (χ3n) is 5.73. The van der Waals surface area contributed by atoms with Crippen LogP contribution in [-0.2, 0) is 16.0 Å². The molecule has 1 unspecified atom stereocenters. The Bertz CT molecular complexity index is 1020. The number of carbonyl (C=O) groups excluding carboxylic acids is 2. The third-order valence-corrected chi connectivity index (χ3v) is 6.68. The van der Waals surface area contributed by atoms with Crippen LogP contribution in [0.5, 0.6) is 5.75 Å². The molecule has 3 aromatic rings. The van der Waals surface area contributed by atoms with Crippen molar-refractivity contribution < 1.29 is 19.1 Å². The first kappa shape index (κ1) is 21.1. The highest BCUT2D eigenvalue weighted by atomic mass is 32.1. The fourth-order valence-electron chi connectivity index (χ4n) is 4.11. The van der Waals surface area contributed by atoms with Crippen LogP contribution in [0.25, 0.3) is 0 Å². The van der Waals surface area contributed by atoms with Crippen LogP contribution in [0.1, 0.15) is 28.8 Å². The number of thiophene rings is 1. The number of amides is 2. The summed E-state index contributed by atoms with van der Waals surface area (Å²) in [7, 11) is 1.63. The van der Waals surface area contributed by atoms with E-state index in [1.54, 1.807) is 18.4 Å². The third kappa shape index (κ3) is 4.49. The summed E-state index contributed by atoms with van der Waals surface area (Å²) in [6, 6.07) is 21.3. The second-order valence-corrected chi connectivity index (χ2v) is 8.66. The van der Waals surface area contributed by atoms with E-state index in [1.165, 1.54) is 4.90 Å². The maximum Gasteiger partial charge on any atom is 0.416 e. The molecule has 1 aromatic heterocycles. The van der Waals surface area contributed by atoms with E-state index in [2.05, 4.69) is 0 Å². The summed E-state index contributed by atoms with van der Waals surface area (Å²) in [5.41, 5.74) is 2.08. The predicted molar refractivity (Wildman–Crippen MR) is 120 cm³/mol. The van der Waals surface area contributed by atoms with Crippen LogP contribution in [-0.4, -0.2) is 36.7 Å². The number of imide groups is 1. The van der Waals surface area contributed by atoms with Crippen molar-refractivity contribution in [2.45, 2.75) is 25.3 Å². The molecule has 0 aliphatic carbocycles. The summed E-state index contributed by atoms with van der Waals surface area (Å²) in [5, 5.41) is 2.01. The Morgan fingerprint density at radius 3 is 2.52 bits per heavy atom. The summed E-state index contributed by atoms with van der Waals surface area (Å²) in [6.07, 6.45) is 0.0227. The van der Waals surface area contributed by atoms with Gasteiger partial charge >= 0.3 is 6.09 Å². The zero-order chi connectivity index (χ0) is 21.8. The number of nitrogens with zero attached hydrogens (tertiary/aromatic N) is 1. The van der Waals surface area contributed by atoms with Crippen molar-refractivity contribution in [1.82, 2.24) is 4.90 Å². The molecule has 1 aliphatic heterocycles. The maximum absolute atomic E-state index is 13.6. The van der Waals surface area contributed by atoms with Crippen molar-refractivity contribution in [2.75, 3.05) is 13.7 Å². The van der Waals surface area contributed by atoms with Crippen LogP contribution in [0.3, 0.4) is 0 Å². The van der Waals surface area contributed by atoms with Gasteiger partial charge in [0.15, 0.2) is 0 Å². The normalized spacial score (nSPS) is 17.8.